The molecule has 4 heteroatoms. The first-order chi connectivity index (χ1) is 10.3. The van der Waals surface area contributed by atoms with Crippen molar-refractivity contribution < 1.29 is 0 Å². The summed E-state index contributed by atoms with van der Waals surface area (Å²) < 4.78 is 0. The molecular formula is C17H24N4. The summed E-state index contributed by atoms with van der Waals surface area (Å²) in [5.74, 6) is 1.98. The molecule has 3 heterocycles. The summed E-state index contributed by atoms with van der Waals surface area (Å²) in [5.41, 5.74) is 1.83. The van der Waals surface area contributed by atoms with Gasteiger partial charge < -0.3 is 9.80 Å². The molecule has 1 aromatic heterocycles. The van der Waals surface area contributed by atoms with Crippen molar-refractivity contribution in [1.82, 2.24) is 4.98 Å². The second-order valence-electron chi connectivity index (χ2n) is 6.20. The molecule has 4 nitrogen and oxygen atoms in total. The molecule has 0 bridgehead atoms. The summed E-state index contributed by atoms with van der Waals surface area (Å²) >= 11 is 0. The largest absolute Gasteiger partial charge is 0.357 e. The van der Waals surface area contributed by atoms with Crippen LogP contribution in [0.5, 0.6) is 0 Å². The zero-order chi connectivity index (χ0) is 14.7. The summed E-state index contributed by atoms with van der Waals surface area (Å²) in [4.78, 5) is 9.57. The van der Waals surface area contributed by atoms with Crippen LogP contribution < -0.4 is 9.80 Å². The Morgan fingerprint density at radius 3 is 2.10 bits per heavy atom. The molecule has 0 radical (unpaired) electrons. The number of piperidine rings is 2. The number of aryl methyl sites for hydroxylation is 1. The van der Waals surface area contributed by atoms with Gasteiger partial charge in [-0.2, -0.15) is 5.26 Å². The van der Waals surface area contributed by atoms with Gasteiger partial charge in [0, 0.05) is 26.2 Å². The SMILES string of the molecule is Cc1cc(N2CCCCC2)nc(N2CCCCC2)c1C#N. The average Bonchev–Trinajstić information content (AvgIpc) is 2.55. The van der Waals surface area contributed by atoms with E-state index in [4.69, 9.17) is 4.98 Å². The summed E-state index contributed by atoms with van der Waals surface area (Å²) in [6, 6.07) is 4.46. The van der Waals surface area contributed by atoms with Crippen LogP contribution >= 0.6 is 0 Å². The van der Waals surface area contributed by atoms with Gasteiger partial charge in [0.2, 0.25) is 0 Å². The molecule has 3 rings (SSSR count). The van der Waals surface area contributed by atoms with Crippen molar-refractivity contribution in [2.24, 2.45) is 0 Å². The van der Waals surface area contributed by atoms with Gasteiger partial charge in [0.05, 0.1) is 5.56 Å². The van der Waals surface area contributed by atoms with E-state index in [0.29, 0.717) is 0 Å². The lowest BCUT2D eigenvalue weighted by Gasteiger charge is -2.32. The quantitative estimate of drug-likeness (QED) is 0.836. The van der Waals surface area contributed by atoms with Crippen LogP contribution in [0, 0.1) is 18.3 Å². The fraction of sp³-hybridized carbons (Fsp3) is 0.647. The molecule has 0 aromatic carbocycles. The lowest BCUT2D eigenvalue weighted by Crippen LogP contribution is -2.33. The van der Waals surface area contributed by atoms with E-state index in [2.05, 4.69) is 21.9 Å². The van der Waals surface area contributed by atoms with Gasteiger partial charge in [0.15, 0.2) is 0 Å². The highest BCUT2D eigenvalue weighted by Gasteiger charge is 2.21. The van der Waals surface area contributed by atoms with Crippen LogP contribution in [0.15, 0.2) is 6.07 Å². The van der Waals surface area contributed by atoms with Gasteiger partial charge in [-0.15, -0.1) is 0 Å². The highest BCUT2D eigenvalue weighted by atomic mass is 15.2. The van der Waals surface area contributed by atoms with Crippen molar-refractivity contribution in [3.63, 3.8) is 0 Å². The van der Waals surface area contributed by atoms with E-state index in [0.717, 1.165) is 48.9 Å². The minimum atomic E-state index is 0.762. The van der Waals surface area contributed by atoms with Gasteiger partial charge in [-0.1, -0.05) is 0 Å². The molecule has 0 amide bonds. The number of rotatable bonds is 2. The maximum Gasteiger partial charge on any atom is 0.149 e. The molecule has 2 aliphatic heterocycles. The molecular weight excluding hydrogens is 260 g/mol. The number of anilines is 2. The highest BCUT2D eigenvalue weighted by molar-refractivity contribution is 5.62. The monoisotopic (exact) mass is 284 g/mol. The predicted octanol–water partition coefficient (Wildman–Crippen LogP) is 3.24. The molecule has 2 fully saturated rings. The van der Waals surface area contributed by atoms with Crippen LogP contribution in [0.2, 0.25) is 0 Å². The first-order valence-corrected chi connectivity index (χ1v) is 8.21. The number of nitrogens with zero attached hydrogens (tertiary/aromatic N) is 4. The molecule has 2 saturated heterocycles. The minimum absolute atomic E-state index is 0.762. The molecule has 0 spiro atoms. The van der Waals surface area contributed by atoms with Crippen LogP contribution in [0.25, 0.3) is 0 Å². The van der Waals surface area contributed by atoms with Crippen LogP contribution in [-0.2, 0) is 0 Å². The van der Waals surface area contributed by atoms with Crippen molar-refractivity contribution in [3.8, 4) is 6.07 Å². The Hall–Kier alpha value is -1.76. The Morgan fingerprint density at radius 1 is 0.952 bits per heavy atom. The second kappa shape index (κ2) is 6.34. The Kier molecular flexibility index (Phi) is 4.28. The Morgan fingerprint density at radius 2 is 1.52 bits per heavy atom. The summed E-state index contributed by atoms with van der Waals surface area (Å²) in [6.45, 7) is 6.30. The summed E-state index contributed by atoms with van der Waals surface area (Å²) in [5, 5.41) is 9.50. The van der Waals surface area contributed by atoms with Gasteiger partial charge in [-0.25, -0.2) is 4.98 Å². The molecule has 2 aliphatic rings. The number of nitriles is 1. The maximum atomic E-state index is 9.50. The Balaban J connectivity index is 1.95. The molecule has 0 aliphatic carbocycles. The average molecular weight is 284 g/mol. The smallest absolute Gasteiger partial charge is 0.149 e. The zero-order valence-electron chi connectivity index (χ0n) is 12.9. The van der Waals surface area contributed by atoms with Crippen LogP contribution in [0.4, 0.5) is 11.6 Å². The standard InChI is InChI=1S/C17H24N4/c1-14-12-16(20-8-4-2-5-9-20)19-17(15(14)13-18)21-10-6-3-7-11-21/h12H,2-11H2,1H3. The van der Waals surface area contributed by atoms with Crippen LogP contribution in [0.1, 0.15) is 49.7 Å². The Labute approximate surface area is 127 Å². The van der Waals surface area contributed by atoms with Gasteiger partial charge in [-0.05, 0) is 57.1 Å². The van der Waals surface area contributed by atoms with Crippen molar-refractivity contribution in [3.05, 3.63) is 17.2 Å². The normalized spacial score (nSPS) is 19.4. The van der Waals surface area contributed by atoms with Crippen molar-refractivity contribution in [2.45, 2.75) is 45.4 Å². The Bertz CT molecular complexity index is 534. The zero-order valence-corrected chi connectivity index (χ0v) is 12.9. The van der Waals surface area contributed by atoms with Crippen molar-refractivity contribution in [1.29, 1.82) is 5.26 Å². The molecule has 112 valence electrons. The lowest BCUT2D eigenvalue weighted by atomic mass is 10.1. The summed E-state index contributed by atoms with van der Waals surface area (Å²) in [6.07, 6.45) is 7.53. The first-order valence-electron chi connectivity index (χ1n) is 8.21. The fourth-order valence-electron chi connectivity index (χ4n) is 3.40. The molecule has 0 unspecified atom stereocenters. The number of aromatic nitrogens is 1. The first kappa shape index (κ1) is 14.2. The maximum absolute atomic E-state index is 9.50. The van der Waals surface area contributed by atoms with E-state index >= 15 is 0 Å². The number of pyridine rings is 1. The predicted molar refractivity (Wildman–Crippen MR) is 85.8 cm³/mol. The topological polar surface area (TPSA) is 43.2 Å². The van der Waals surface area contributed by atoms with Gasteiger partial charge in [0.1, 0.15) is 17.7 Å². The van der Waals surface area contributed by atoms with Crippen molar-refractivity contribution in [2.75, 3.05) is 36.0 Å². The van der Waals surface area contributed by atoms with E-state index in [9.17, 15) is 5.26 Å². The highest BCUT2D eigenvalue weighted by Crippen LogP contribution is 2.29. The number of hydrogen-bond donors (Lipinski definition) is 0. The van der Waals surface area contributed by atoms with Gasteiger partial charge in [-0.3, -0.25) is 0 Å². The summed E-state index contributed by atoms with van der Waals surface area (Å²) in [7, 11) is 0. The number of hydrogen-bond acceptors (Lipinski definition) is 4. The third kappa shape index (κ3) is 2.97. The molecule has 1 aromatic rings. The van der Waals surface area contributed by atoms with E-state index in [1.54, 1.807) is 0 Å². The van der Waals surface area contributed by atoms with E-state index in [1.165, 1.54) is 38.5 Å². The van der Waals surface area contributed by atoms with Gasteiger partial charge in [0.25, 0.3) is 0 Å². The second-order valence-corrected chi connectivity index (χ2v) is 6.20. The fourth-order valence-corrected chi connectivity index (χ4v) is 3.40. The third-order valence-corrected chi connectivity index (χ3v) is 4.63. The lowest BCUT2D eigenvalue weighted by molar-refractivity contribution is 0.564. The minimum Gasteiger partial charge on any atom is -0.357 e. The van der Waals surface area contributed by atoms with Crippen molar-refractivity contribution >= 4 is 11.6 Å². The van der Waals surface area contributed by atoms with E-state index in [-0.39, 0.29) is 0 Å². The van der Waals surface area contributed by atoms with Gasteiger partial charge >= 0.3 is 0 Å². The molecule has 0 N–H and O–H groups in total. The third-order valence-electron chi connectivity index (χ3n) is 4.63. The van der Waals surface area contributed by atoms with Crippen LogP contribution in [-0.4, -0.2) is 31.2 Å². The molecule has 0 atom stereocenters. The molecule has 21 heavy (non-hydrogen) atoms. The molecule has 0 saturated carbocycles. The van der Waals surface area contributed by atoms with E-state index < -0.39 is 0 Å². The van der Waals surface area contributed by atoms with Crippen LogP contribution in [0.3, 0.4) is 0 Å². The van der Waals surface area contributed by atoms with E-state index in [1.807, 2.05) is 6.92 Å².